The zero-order valence-electron chi connectivity index (χ0n) is 48.3. The van der Waals surface area contributed by atoms with E-state index in [1.807, 2.05) is 0 Å². The molecule has 0 amide bonds. The number of aryl methyl sites for hydroxylation is 2. The van der Waals surface area contributed by atoms with Crippen LogP contribution in [0.3, 0.4) is 0 Å². The Bertz CT molecular complexity index is 1430. The molecule has 0 aromatic heterocycles. The van der Waals surface area contributed by atoms with E-state index in [0.717, 1.165) is 50.0 Å². The summed E-state index contributed by atoms with van der Waals surface area (Å²) in [5.74, 6) is 2.00. The number of rotatable bonds is 44. The number of benzene rings is 2. The van der Waals surface area contributed by atoms with Gasteiger partial charge >= 0.3 is 17.2 Å². The summed E-state index contributed by atoms with van der Waals surface area (Å²) in [4.78, 5) is 0. The van der Waals surface area contributed by atoms with Crippen molar-refractivity contribution in [2.45, 2.75) is 299 Å². The van der Waals surface area contributed by atoms with Crippen molar-refractivity contribution < 1.29 is 27.1 Å². The van der Waals surface area contributed by atoms with Crippen molar-refractivity contribution >= 4 is 17.2 Å². The van der Waals surface area contributed by atoms with E-state index in [1.165, 1.54) is 187 Å². The number of hydrogen-bond acceptors (Lipinski definition) is 6. The molecule has 0 aliphatic heterocycles. The molecular formula is C62H112O6P2. The van der Waals surface area contributed by atoms with Gasteiger partial charge in [0.25, 0.3) is 0 Å². The van der Waals surface area contributed by atoms with Crippen molar-refractivity contribution in [2.24, 2.45) is 0 Å². The number of hydrogen-bond donors (Lipinski definition) is 0. The second-order valence-corrected chi connectivity index (χ2v) is 25.0. The zero-order chi connectivity index (χ0) is 51.5. The first-order valence-electron chi connectivity index (χ1n) is 29.5. The summed E-state index contributed by atoms with van der Waals surface area (Å²) < 4.78 is 39.9. The second-order valence-electron chi connectivity index (χ2n) is 22.7. The molecule has 0 fully saturated rings. The van der Waals surface area contributed by atoms with Crippen molar-refractivity contribution in [3.63, 3.8) is 0 Å². The maximum Gasteiger partial charge on any atom is 0.397 e. The molecule has 8 heteroatoms. The lowest BCUT2D eigenvalue weighted by atomic mass is 9.76. The molecule has 70 heavy (non-hydrogen) atoms. The van der Waals surface area contributed by atoms with E-state index in [0.29, 0.717) is 26.4 Å². The normalized spacial score (nSPS) is 12.3. The second kappa shape index (κ2) is 39.2. The van der Waals surface area contributed by atoms with E-state index in [2.05, 4.69) is 114 Å². The lowest BCUT2D eigenvalue weighted by Crippen LogP contribution is -2.17. The summed E-state index contributed by atoms with van der Waals surface area (Å²) in [6.07, 6.45) is 37.1. The zero-order valence-corrected chi connectivity index (χ0v) is 50.1. The minimum atomic E-state index is -1.53. The minimum absolute atomic E-state index is 0.156. The number of unbranched alkanes of at least 4 members (excludes halogenated alkanes) is 24. The van der Waals surface area contributed by atoms with Crippen molar-refractivity contribution in [1.29, 1.82) is 0 Å². The summed E-state index contributed by atoms with van der Waals surface area (Å²) in [5, 5.41) is 0. The van der Waals surface area contributed by atoms with Crippen LogP contribution in [0.2, 0.25) is 0 Å². The fraction of sp³-hybridized carbons (Fsp3) is 0.806. The van der Waals surface area contributed by atoms with Crippen LogP contribution >= 0.6 is 17.2 Å². The molecule has 0 unspecified atom stereocenters. The Morgan fingerprint density at radius 1 is 0.357 bits per heavy atom. The summed E-state index contributed by atoms with van der Waals surface area (Å²) >= 11 is 0. The topological polar surface area (TPSA) is 55.4 Å². The molecule has 0 spiro atoms. The molecule has 6 nitrogen and oxygen atoms in total. The Balaban J connectivity index is 2.45. The molecule has 0 N–H and O–H groups in total. The van der Waals surface area contributed by atoms with Crippen LogP contribution in [0.4, 0.5) is 0 Å². The van der Waals surface area contributed by atoms with Crippen molar-refractivity contribution in [3.05, 3.63) is 57.6 Å². The lowest BCUT2D eigenvalue weighted by Gasteiger charge is -2.31. The van der Waals surface area contributed by atoms with Gasteiger partial charge in [-0.3, -0.25) is 0 Å². The molecule has 0 bridgehead atoms. The fourth-order valence-corrected chi connectivity index (χ4v) is 11.5. The van der Waals surface area contributed by atoms with Gasteiger partial charge in [-0.25, -0.2) is 0 Å². The molecule has 0 atom stereocenters. The van der Waals surface area contributed by atoms with Gasteiger partial charge in [-0.2, -0.15) is 0 Å². The van der Waals surface area contributed by atoms with Gasteiger partial charge in [-0.1, -0.05) is 249 Å². The molecule has 2 aromatic rings. The maximum absolute atomic E-state index is 6.92. The predicted molar refractivity (Wildman–Crippen MR) is 307 cm³/mol. The van der Waals surface area contributed by atoms with Crippen LogP contribution in [0, 0.1) is 13.8 Å². The molecule has 0 aliphatic carbocycles. The van der Waals surface area contributed by atoms with Gasteiger partial charge in [-0.15, -0.1) is 0 Å². The van der Waals surface area contributed by atoms with Crippen LogP contribution in [0.1, 0.15) is 308 Å². The molecule has 2 aromatic carbocycles. The molecule has 0 radical (unpaired) electrons. The van der Waals surface area contributed by atoms with Crippen LogP contribution in [0.5, 0.6) is 11.5 Å². The average Bonchev–Trinajstić information content (AvgIpc) is 3.31. The highest BCUT2D eigenvalue weighted by Crippen LogP contribution is 2.49. The van der Waals surface area contributed by atoms with Crippen LogP contribution in [0.25, 0.3) is 0 Å². The standard InChI is InChI=1S/C62H112O6P2/c1-14-19-23-27-31-35-39-44-63-69(64-45-40-36-32-28-24-20-15-2)67-59-48-52(6)55(50-57(59)61(8,9)10)54(43-18-5)56-51-58(62(11,12)13)60(49-53(56)7)68-70(65-46-41-37-33-29-25-21-16-3)66-47-42-38-34-30-26-22-17-4/h48-51,54H,14-47H2,1-13H3. The molecule has 0 heterocycles. The molecule has 2 rings (SSSR count). The van der Waals surface area contributed by atoms with Crippen LogP contribution in [-0.2, 0) is 28.9 Å². The Hall–Kier alpha value is -1.26. The minimum Gasteiger partial charge on any atom is -0.426 e. The highest BCUT2D eigenvalue weighted by atomic mass is 31.2. The maximum atomic E-state index is 6.92. The van der Waals surface area contributed by atoms with Gasteiger partial charge in [-0.05, 0) is 91.2 Å². The molecule has 0 saturated heterocycles. The van der Waals surface area contributed by atoms with E-state index in [4.69, 9.17) is 27.1 Å². The first kappa shape index (κ1) is 64.9. The molecule has 0 aliphatic rings. The predicted octanol–water partition coefficient (Wildman–Crippen LogP) is 22.1. The lowest BCUT2D eigenvalue weighted by molar-refractivity contribution is 0.197. The quantitative estimate of drug-likeness (QED) is 0.0487. The third kappa shape index (κ3) is 27.9. The molecule has 0 saturated carbocycles. The van der Waals surface area contributed by atoms with Crippen molar-refractivity contribution in [1.82, 2.24) is 0 Å². The summed E-state index contributed by atoms with van der Waals surface area (Å²) in [7, 11) is -3.07. The summed E-state index contributed by atoms with van der Waals surface area (Å²) in [6.45, 7) is 32.5. The van der Waals surface area contributed by atoms with Gasteiger partial charge in [0.05, 0.1) is 26.4 Å². The summed E-state index contributed by atoms with van der Waals surface area (Å²) in [6, 6.07) is 9.50. The monoisotopic (exact) mass is 1010 g/mol. The van der Waals surface area contributed by atoms with Gasteiger partial charge in [0.1, 0.15) is 11.5 Å². The molecular weight excluding hydrogens is 903 g/mol. The van der Waals surface area contributed by atoms with Crippen LogP contribution < -0.4 is 9.05 Å². The highest BCUT2D eigenvalue weighted by molar-refractivity contribution is 7.42. The van der Waals surface area contributed by atoms with Gasteiger partial charge in [0, 0.05) is 17.0 Å². The van der Waals surface area contributed by atoms with Gasteiger partial charge < -0.3 is 27.1 Å². The van der Waals surface area contributed by atoms with E-state index in [-0.39, 0.29) is 16.7 Å². The van der Waals surface area contributed by atoms with E-state index in [1.54, 1.807) is 0 Å². The Morgan fingerprint density at radius 3 is 0.857 bits per heavy atom. The Kier molecular flexibility index (Phi) is 36.3. The first-order valence-corrected chi connectivity index (χ1v) is 31.7. The average molecular weight is 1020 g/mol. The highest BCUT2D eigenvalue weighted by Gasteiger charge is 2.30. The third-order valence-electron chi connectivity index (χ3n) is 13.8. The fourth-order valence-electron chi connectivity index (χ4n) is 9.37. The van der Waals surface area contributed by atoms with Crippen LogP contribution in [-0.4, -0.2) is 26.4 Å². The Morgan fingerprint density at radius 2 is 0.614 bits per heavy atom. The Labute approximate surface area is 437 Å². The summed E-state index contributed by atoms with van der Waals surface area (Å²) in [5.41, 5.74) is 7.32. The van der Waals surface area contributed by atoms with Crippen LogP contribution in [0.15, 0.2) is 24.3 Å². The molecule has 406 valence electrons. The third-order valence-corrected chi connectivity index (χ3v) is 16.1. The van der Waals surface area contributed by atoms with Crippen molar-refractivity contribution in [2.75, 3.05) is 26.4 Å². The van der Waals surface area contributed by atoms with Gasteiger partial charge in [0.15, 0.2) is 0 Å². The largest absolute Gasteiger partial charge is 0.426 e. The van der Waals surface area contributed by atoms with Gasteiger partial charge in [0.2, 0.25) is 0 Å². The van der Waals surface area contributed by atoms with E-state index >= 15 is 0 Å². The smallest absolute Gasteiger partial charge is 0.397 e. The SMILES string of the molecule is CCCCCCCCCOP(OCCCCCCCCC)Oc1cc(C)c(C(CCC)c2cc(C(C)(C)C)c(OP(OCCCCCCCCC)OCCCCCCCCC)cc2C)cc1C(C)(C)C. The van der Waals surface area contributed by atoms with Crippen molar-refractivity contribution in [3.8, 4) is 11.5 Å². The van der Waals surface area contributed by atoms with E-state index in [9.17, 15) is 0 Å². The van der Waals surface area contributed by atoms with E-state index < -0.39 is 17.2 Å². The first-order chi connectivity index (χ1) is 33.7.